The molecule has 0 aromatic carbocycles. The zero-order valence-electron chi connectivity index (χ0n) is 9.89. The van der Waals surface area contributed by atoms with Gasteiger partial charge in [0.1, 0.15) is 11.9 Å². The molecule has 0 unspecified atom stereocenters. The number of nitrogens with zero attached hydrogens (tertiary/aromatic N) is 2. The van der Waals surface area contributed by atoms with Crippen LogP contribution in [0.5, 0.6) is 0 Å². The zero-order chi connectivity index (χ0) is 12.5. The van der Waals surface area contributed by atoms with E-state index in [1.54, 1.807) is 12.3 Å². The first-order valence-corrected chi connectivity index (χ1v) is 6.96. The van der Waals surface area contributed by atoms with Gasteiger partial charge in [-0.15, -0.1) is 0 Å². The van der Waals surface area contributed by atoms with Crippen LogP contribution in [0.3, 0.4) is 0 Å². The van der Waals surface area contributed by atoms with Crippen molar-refractivity contribution in [3.63, 3.8) is 0 Å². The maximum absolute atomic E-state index is 10.7. The second-order valence-corrected chi connectivity index (χ2v) is 4.62. The lowest BCUT2D eigenvalue weighted by atomic mass is 10.2. The van der Waals surface area contributed by atoms with Gasteiger partial charge >= 0.3 is 5.69 Å². The molecule has 0 bridgehead atoms. The van der Waals surface area contributed by atoms with Gasteiger partial charge in [-0.25, -0.2) is 0 Å². The molecule has 0 spiro atoms. The van der Waals surface area contributed by atoms with E-state index < -0.39 is 4.92 Å². The molecular weight excluding hydrogens is 238 g/mol. The molecule has 1 aromatic heterocycles. The van der Waals surface area contributed by atoms with Gasteiger partial charge in [-0.3, -0.25) is 15.1 Å². The number of nitro groups is 1. The molecule has 1 rings (SSSR count). The van der Waals surface area contributed by atoms with E-state index in [1.165, 1.54) is 18.4 Å². The van der Waals surface area contributed by atoms with Gasteiger partial charge in [0.2, 0.25) is 0 Å². The average Bonchev–Trinajstić information content (AvgIpc) is 2.34. The number of thioether (sulfide) groups is 1. The second-order valence-electron chi connectivity index (χ2n) is 3.63. The van der Waals surface area contributed by atoms with Gasteiger partial charge < -0.3 is 5.32 Å². The zero-order valence-corrected chi connectivity index (χ0v) is 10.7. The van der Waals surface area contributed by atoms with E-state index >= 15 is 0 Å². The molecule has 0 saturated heterocycles. The molecule has 0 aliphatic carbocycles. The van der Waals surface area contributed by atoms with Crippen LogP contribution in [-0.4, -0.2) is 28.5 Å². The summed E-state index contributed by atoms with van der Waals surface area (Å²) in [6.07, 6.45) is 8.30. The normalized spacial score (nSPS) is 10.2. The first-order chi connectivity index (χ1) is 8.25. The van der Waals surface area contributed by atoms with Gasteiger partial charge in [-0.1, -0.05) is 6.42 Å². The fourth-order valence-electron chi connectivity index (χ4n) is 1.45. The summed E-state index contributed by atoms with van der Waals surface area (Å²) in [6.45, 7) is 0.763. The van der Waals surface area contributed by atoms with Crippen molar-refractivity contribution in [2.24, 2.45) is 0 Å². The van der Waals surface area contributed by atoms with E-state index in [2.05, 4.69) is 16.6 Å². The SMILES string of the molecule is CSCCCCCNc1ccncc1[N+](=O)[O-]. The fourth-order valence-corrected chi connectivity index (χ4v) is 1.95. The maximum Gasteiger partial charge on any atom is 0.310 e. The number of hydrogen-bond acceptors (Lipinski definition) is 5. The van der Waals surface area contributed by atoms with Crippen molar-refractivity contribution in [3.8, 4) is 0 Å². The van der Waals surface area contributed by atoms with Crippen molar-refractivity contribution in [3.05, 3.63) is 28.6 Å². The Bertz CT molecular complexity index is 360. The van der Waals surface area contributed by atoms with E-state index in [0.29, 0.717) is 5.69 Å². The molecule has 0 aliphatic heterocycles. The van der Waals surface area contributed by atoms with E-state index in [0.717, 1.165) is 19.4 Å². The van der Waals surface area contributed by atoms with Crippen molar-refractivity contribution in [2.45, 2.75) is 19.3 Å². The van der Waals surface area contributed by atoms with Gasteiger partial charge in [0, 0.05) is 12.7 Å². The van der Waals surface area contributed by atoms with Crippen LogP contribution in [0.1, 0.15) is 19.3 Å². The monoisotopic (exact) mass is 255 g/mol. The van der Waals surface area contributed by atoms with Crippen LogP contribution in [0.25, 0.3) is 0 Å². The number of anilines is 1. The molecule has 94 valence electrons. The molecule has 17 heavy (non-hydrogen) atoms. The highest BCUT2D eigenvalue weighted by Crippen LogP contribution is 2.21. The average molecular weight is 255 g/mol. The van der Waals surface area contributed by atoms with E-state index in [4.69, 9.17) is 0 Å². The lowest BCUT2D eigenvalue weighted by Crippen LogP contribution is -2.04. The number of unbranched alkanes of at least 4 members (excludes halogenated alkanes) is 2. The molecule has 0 radical (unpaired) electrons. The summed E-state index contributed by atoms with van der Waals surface area (Å²) in [5.41, 5.74) is 0.589. The first kappa shape index (κ1) is 13.8. The van der Waals surface area contributed by atoms with E-state index in [-0.39, 0.29) is 5.69 Å². The Balaban J connectivity index is 2.34. The van der Waals surface area contributed by atoms with Crippen LogP contribution in [0, 0.1) is 10.1 Å². The number of pyridine rings is 1. The Morgan fingerprint density at radius 2 is 2.29 bits per heavy atom. The van der Waals surface area contributed by atoms with Crippen molar-refractivity contribution in [1.82, 2.24) is 4.98 Å². The predicted octanol–water partition coefficient (Wildman–Crippen LogP) is 2.94. The summed E-state index contributed by atoms with van der Waals surface area (Å²) in [5, 5.41) is 13.8. The summed E-state index contributed by atoms with van der Waals surface area (Å²) in [4.78, 5) is 14.1. The topological polar surface area (TPSA) is 68.1 Å². The quantitative estimate of drug-likeness (QED) is 0.439. The molecule has 0 amide bonds. The van der Waals surface area contributed by atoms with Crippen LogP contribution in [0.2, 0.25) is 0 Å². The molecule has 6 heteroatoms. The molecule has 1 N–H and O–H groups in total. The summed E-state index contributed by atoms with van der Waals surface area (Å²) in [5.74, 6) is 1.18. The highest BCUT2D eigenvalue weighted by Gasteiger charge is 2.11. The van der Waals surface area contributed by atoms with Gasteiger partial charge in [-0.2, -0.15) is 11.8 Å². The molecule has 1 aromatic rings. The van der Waals surface area contributed by atoms with Gasteiger partial charge in [0.25, 0.3) is 0 Å². The smallest absolute Gasteiger partial charge is 0.310 e. The molecule has 5 nitrogen and oxygen atoms in total. The highest BCUT2D eigenvalue weighted by atomic mass is 32.2. The third-order valence-corrected chi connectivity index (χ3v) is 3.03. The fraction of sp³-hybridized carbons (Fsp3) is 0.545. The minimum Gasteiger partial charge on any atom is -0.379 e. The van der Waals surface area contributed by atoms with Crippen LogP contribution in [0.15, 0.2) is 18.5 Å². The Morgan fingerprint density at radius 3 is 3.00 bits per heavy atom. The lowest BCUT2D eigenvalue weighted by molar-refractivity contribution is -0.384. The van der Waals surface area contributed by atoms with Crippen molar-refractivity contribution in [2.75, 3.05) is 23.9 Å². The Hall–Kier alpha value is -1.30. The number of hydrogen-bond donors (Lipinski definition) is 1. The largest absolute Gasteiger partial charge is 0.379 e. The molecule has 0 atom stereocenters. The molecule has 1 heterocycles. The Kier molecular flexibility index (Phi) is 6.39. The highest BCUT2D eigenvalue weighted by molar-refractivity contribution is 7.98. The van der Waals surface area contributed by atoms with Gasteiger partial charge in [0.05, 0.1) is 4.92 Å². The lowest BCUT2D eigenvalue weighted by Gasteiger charge is -2.06. The van der Waals surface area contributed by atoms with Crippen LogP contribution in [-0.2, 0) is 0 Å². The third kappa shape index (κ3) is 5.04. The van der Waals surface area contributed by atoms with Gasteiger partial charge in [0.15, 0.2) is 0 Å². The second kappa shape index (κ2) is 7.89. The first-order valence-electron chi connectivity index (χ1n) is 5.57. The van der Waals surface area contributed by atoms with Crippen molar-refractivity contribution in [1.29, 1.82) is 0 Å². The molecular formula is C11H17N3O2S. The van der Waals surface area contributed by atoms with Crippen molar-refractivity contribution >= 4 is 23.1 Å². The molecule has 0 saturated carbocycles. The Morgan fingerprint density at radius 1 is 1.47 bits per heavy atom. The predicted molar refractivity (Wildman–Crippen MR) is 71.6 cm³/mol. The third-order valence-electron chi connectivity index (χ3n) is 2.34. The standard InChI is InChI=1S/C11H17N3O2S/c1-17-8-4-2-3-6-13-10-5-7-12-9-11(10)14(15)16/h5,7,9H,2-4,6,8H2,1H3,(H,12,13). The van der Waals surface area contributed by atoms with Crippen LogP contribution in [0.4, 0.5) is 11.4 Å². The summed E-state index contributed by atoms with van der Waals surface area (Å²) >= 11 is 1.84. The maximum atomic E-state index is 10.7. The molecule has 0 fully saturated rings. The number of aromatic nitrogens is 1. The van der Waals surface area contributed by atoms with E-state index in [1.807, 2.05) is 11.8 Å². The van der Waals surface area contributed by atoms with Crippen molar-refractivity contribution < 1.29 is 4.92 Å². The summed E-state index contributed by atoms with van der Waals surface area (Å²) < 4.78 is 0. The van der Waals surface area contributed by atoms with Crippen LogP contribution < -0.4 is 5.32 Å². The molecule has 0 aliphatic rings. The minimum atomic E-state index is -0.414. The van der Waals surface area contributed by atoms with Gasteiger partial charge in [-0.05, 0) is 30.9 Å². The summed E-state index contributed by atoms with van der Waals surface area (Å²) in [6, 6.07) is 1.64. The summed E-state index contributed by atoms with van der Waals surface area (Å²) in [7, 11) is 0. The van der Waals surface area contributed by atoms with Crippen LogP contribution >= 0.6 is 11.8 Å². The number of nitrogens with one attached hydrogen (secondary N) is 1. The Labute approximate surface area is 105 Å². The van der Waals surface area contributed by atoms with E-state index in [9.17, 15) is 10.1 Å². The minimum absolute atomic E-state index is 0.0385. The number of rotatable bonds is 8.